The van der Waals surface area contributed by atoms with Gasteiger partial charge >= 0.3 is 0 Å². The van der Waals surface area contributed by atoms with E-state index in [0.29, 0.717) is 28.0 Å². The number of carbonyl (C=O) groups is 1. The molecule has 5 rings (SSSR count). The predicted octanol–water partition coefficient (Wildman–Crippen LogP) is 4.26. The minimum Gasteiger partial charge on any atom is -0.296 e. The summed E-state index contributed by atoms with van der Waals surface area (Å²) in [6.45, 7) is -0.251. The van der Waals surface area contributed by atoms with E-state index in [9.17, 15) is 19.7 Å². The first-order chi connectivity index (χ1) is 15.9. The van der Waals surface area contributed by atoms with Gasteiger partial charge in [0, 0.05) is 27.7 Å². The zero-order valence-electron chi connectivity index (χ0n) is 16.9. The molecule has 10 heteroatoms. The molecule has 0 unspecified atom stereocenters. The zero-order valence-corrected chi connectivity index (χ0v) is 18.5. The lowest BCUT2D eigenvalue weighted by atomic mass is 10.1. The molecule has 0 saturated heterocycles. The van der Waals surface area contributed by atoms with Gasteiger partial charge in [0.2, 0.25) is 5.65 Å². The van der Waals surface area contributed by atoms with Crippen LogP contribution in [0.15, 0.2) is 82.1 Å². The van der Waals surface area contributed by atoms with E-state index in [1.165, 1.54) is 27.2 Å². The Morgan fingerprint density at radius 3 is 2.39 bits per heavy atom. The molecule has 33 heavy (non-hydrogen) atoms. The second-order valence-corrected chi connectivity index (χ2v) is 8.22. The molecule has 0 aliphatic rings. The molecule has 162 valence electrons. The highest BCUT2D eigenvalue weighted by Gasteiger charge is 2.21. The van der Waals surface area contributed by atoms with Crippen molar-refractivity contribution in [3.05, 3.63) is 103 Å². The van der Waals surface area contributed by atoms with Crippen molar-refractivity contribution in [2.45, 2.75) is 6.54 Å². The first-order valence-electron chi connectivity index (χ1n) is 9.84. The highest BCUT2D eigenvalue weighted by atomic mass is 79.9. The van der Waals surface area contributed by atoms with Crippen LogP contribution in [0.25, 0.3) is 28.1 Å². The van der Waals surface area contributed by atoms with Crippen molar-refractivity contribution in [3.63, 3.8) is 0 Å². The Labute approximate surface area is 194 Å². The maximum atomic E-state index is 13.4. The molecule has 0 N–H and O–H groups in total. The molecule has 2 aromatic heterocycles. The minimum atomic E-state index is -0.517. The summed E-state index contributed by atoms with van der Waals surface area (Å²) in [5.41, 5.74) is 1.15. The van der Waals surface area contributed by atoms with Gasteiger partial charge in [0.15, 0.2) is 11.6 Å². The average molecular weight is 504 g/mol. The summed E-state index contributed by atoms with van der Waals surface area (Å²) in [5, 5.41) is 19.7. The summed E-state index contributed by atoms with van der Waals surface area (Å²) in [6, 6.07) is 20.0. The lowest BCUT2D eigenvalue weighted by Gasteiger charge is -2.12. The second kappa shape index (κ2) is 8.06. The van der Waals surface area contributed by atoms with Crippen molar-refractivity contribution in [2.24, 2.45) is 0 Å². The molecule has 2 heterocycles. The first kappa shape index (κ1) is 20.7. The molecule has 0 radical (unpaired) electrons. The van der Waals surface area contributed by atoms with Gasteiger partial charge in [-0.15, -0.1) is 10.2 Å². The Bertz CT molecular complexity index is 1610. The maximum Gasteiger partial charge on any atom is 0.297 e. The fourth-order valence-corrected chi connectivity index (χ4v) is 3.98. The van der Waals surface area contributed by atoms with Gasteiger partial charge in [-0.25, -0.2) is 0 Å². The van der Waals surface area contributed by atoms with Crippen LogP contribution in [0.2, 0.25) is 0 Å². The summed E-state index contributed by atoms with van der Waals surface area (Å²) in [5.74, 6) is 0.0935. The lowest BCUT2D eigenvalue weighted by Crippen LogP contribution is -2.27. The highest BCUT2D eigenvalue weighted by molar-refractivity contribution is 9.10. The largest absolute Gasteiger partial charge is 0.297 e. The smallest absolute Gasteiger partial charge is 0.296 e. The summed E-state index contributed by atoms with van der Waals surface area (Å²) >= 11 is 3.33. The summed E-state index contributed by atoms with van der Waals surface area (Å²) in [6.07, 6.45) is 0. The molecular weight excluding hydrogens is 490 g/mol. The van der Waals surface area contributed by atoms with Crippen LogP contribution in [0.5, 0.6) is 0 Å². The van der Waals surface area contributed by atoms with Crippen molar-refractivity contribution in [1.82, 2.24) is 19.2 Å². The number of halogens is 1. The Balaban J connectivity index is 1.77. The number of fused-ring (bicyclic) bond motifs is 3. The second-order valence-electron chi connectivity index (χ2n) is 7.30. The molecule has 9 nitrogen and oxygen atoms in total. The van der Waals surface area contributed by atoms with Gasteiger partial charge in [-0.05, 0) is 18.2 Å². The van der Waals surface area contributed by atoms with Gasteiger partial charge in [-0.2, -0.15) is 0 Å². The number of nitro groups is 1. The number of benzene rings is 3. The maximum absolute atomic E-state index is 13.4. The van der Waals surface area contributed by atoms with E-state index >= 15 is 0 Å². The summed E-state index contributed by atoms with van der Waals surface area (Å²) in [7, 11) is 0. The predicted molar refractivity (Wildman–Crippen MR) is 125 cm³/mol. The molecule has 0 atom stereocenters. The number of nitro benzene ring substituents is 1. The Kier molecular flexibility index (Phi) is 5.06. The van der Waals surface area contributed by atoms with E-state index in [2.05, 4.69) is 26.1 Å². The Morgan fingerprint density at radius 2 is 1.70 bits per heavy atom. The number of ketones is 1. The third-order valence-corrected chi connectivity index (χ3v) is 5.83. The number of hydrogen-bond acceptors (Lipinski definition) is 6. The SMILES string of the molecule is O=C(Cn1c(=O)c2nnc(-c3ccccc3)n2c2cc([N+](=O)[O-])ccc21)c1ccc(Br)cc1. The van der Waals surface area contributed by atoms with E-state index in [-0.39, 0.29) is 23.7 Å². The normalized spacial score (nSPS) is 11.2. The summed E-state index contributed by atoms with van der Waals surface area (Å²) in [4.78, 5) is 37.2. The van der Waals surface area contributed by atoms with Gasteiger partial charge in [0.1, 0.15) is 0 Å². The molecule has 3 aromatic carbocycles. The molecular formula is C23H14BrN5O4. The molecule has 5 aromatic rings. The molecule has 0 bridgehead atoms. The van der Waals surface area contributed by atoms with Crippen molar-refractivity contribution >= 4 is 44.1 Å². The zero-order chi connectivity index (χ0) is 23.1. The van der Waals surface area contributed by atoms with Gasteiger partial charge in [-0.1, -0.05) is 58.4 Å². The monoisotopic (exact) mass is 503 g/mol. The van der Waals surface area contributed by atoms with Gasteiger partial charge in [0.05, 0.1) is 22.5 Å². The molecule has 0 saturated carbocycles. The summed E-state index contributed by atoms with van der Waals surface area (Å²) < 4.78 is 3.61. The van der Waals surface area contributed by atoms with Crippen LogP contribution >= 0.6 is 15.9 Å². The van der Waals surface area contributed by atoms with Crippen molar-refractivity contribution < 1.29 is 9.72 Å². The number of nitrogens with zero attached hydrogens (tertiary/aromatic N) is 5. The van der Waals surface area contributed by atoms with Crippen LogP contribution in [0.4, 0.5) is 5.69 Å². The number of aromatic nitrogens is 4. The number of hydrogen-bond donors (Lipinski definition) is 0. The molecule has 0 aliphatic carbocycles. The van der Waals surface area contributed by atoms with Crippen LogP contribution in [0.1, 0.15) is 10.4 Å². The molecule has 0 spiro atoms. The highest BCUT2D eigenvalue weighted by Crippen LogP contribution is 2.25. The fraction of sp³-hybridized carbons (Fsp3) is 0.0435. The van der Waals surface area contributed by atoms with Gasteiger partial charge in [0.25, 0.3) is 11.2 Å². The van der Waals surface area contributed by atoms with Gasteiger partial charge in [-0.3, -0.25) is 28.7 Å². The van der Waals surface area contributed by atoms with E-state index < -0.39 is 10.5 Å². The Morgan fingerprint density at radius 1 is 0.970 bits per heavy atom. The quantitative estimate of drug-likeness (QED) is 0.201. The minimum absolute atomic E-state index is 0.0227. The third-order valence-electron chi connectivity index (χ3n) is 5.30. The number of carbonyl (C=O) groups excluding carboxylic acids is 1. The molecule has 0 aliphatic heterocycles. The Hall–Kier alpha value is -4.18. The van der Waals surface area contributed by atoms with Crippen LogP contribution in [0.3, 0.4) is 0 Å². The number of non-ortho nitro benzene ring substituents is 1. The van der Waals surface area contributed by atoms with Crippen molar-refractivity contribution in [2.75, 3.05) is 0 Å². The van der Waals surface area contributed by atoms with E-state index in [0.717, 1.165) is 4.47 Å². The van der Waals surface area contributed by atoms with Crippen LogP contribution in [-0.4, -0.2) is 29.9 Å². The molecule has 0 fully saturated rings. The fourth-order valence-electron chi connectivity index (χ4n) is 3.72. The molecule has 0 amide bonds. The van der Waals surface area contributed by atoms with E-state index in [4.69, 9.17) is 0 Å². The van der Waals surface area contributed by atoms with E-state index in [1.54, 1.807) is 24.3 Å². The topological polar surface area (TPSA) is 112 Å². The lowest BCUT2D eigenvalue weighted by molar-refractivity contribution is -0.384. The van der Waals surface area contributed by atoms with Crippen LogP contribution in [-0.2, 0) is 6.54 Å². The van der Waals surface area contributed by atoms with E-state index in [1.807, 2.05) is 30.3 Å². The van der Waals surface area contributed by atoms with Crippen LogP contribution < -0.4 is 5.56 Å². The number of rotatable bonds is 5. The average Bonchev–Trinajstić information content (AvgIpc) is 3.28. The number of Topliss-reactive ketones (excluding diaryl/α,β-unsaturated/α-hetero) is 1. The van der Waals surface area contributed by atoms with Crippen molar-refractivity contribution in [1.29, 1.82) is 0 Å². The first-order valence-corrected chi connectivity index (χ1v) is 10.6. The van der Waals surface area contributed by atoms with Crippen LogP contribution in [0, 0.1) is 10.1 Å². The third kappa shape index (κ3) is 3.60. The standard InChI is InChI=1S/C23H14BrN5O4/c24-16-8-6-14(7-9-16)20(30)13-27-18-11-10-17(29(32)33)12-19(18)28-21(15-4-2-1-3-5-15)25-26-22(28)23(27)31/h1-12H,13H2. The van der Waals surface area contributed by atoms with Crippen molar-refractivity contribution in [3.8, 4) is 11.4 Å². The van der Waals surface area contributed by atoms with Gasteiger partial charge < -0.3 is 0 Å².